The van der Waals surface area contributed by atoms with Gasteiger partial charge in [-0.1, -0.05) is 17.3 Å². The van der Waals surface area contributed by atoms with Crippen molar-refractivity contribution in [3.05, 3.63) is 42.2 Å². The quantitative estimate of drug-likeness (QED) is 0.880. The minimum atomic E-state index is -0.151. The highest BCUT2D eigenvalue weighted by atomic mass is 16.5. The van der Waals surface area contributed by atoms with Crippen LogP contribution in [0.3, 0.4) is 0 Å². The van der Waals surface area contributed by atoms with Gasteiger partial charge in [0.2, 0.25) is 0 Å². The zero-order valence-electron chi connectivity index (χ0n) is 14.0. The van der Waals surface area contributed by atoms with Crippen molar-refractivity contribution in [2.45, 2.75) is 32.4 Å². The fraction of sp³-hybridized carbons (Fsp3) is 0.471. The Labute approximate surface area is 141 Å². The van der Waals surface area contributed by atoms with E-state index in [0.29, 0.717) is 5.92 Å². The molecule has 0 bridgehead atoms. The van der Waals surface area contributed by atoms with Gasteiger partial charge in [0, 0.05) is 18.6 Å². The van der Waals surface area contributed by atoms with Crippen molar-refractivity contribution in [1.82, 2.24) is 25.6 Å². The molecule has 0 aliphatic carbocycles. The summed E-state index contributed by atoms with van der Waals surface area (Å²) in [6.45, 7) is 5.50. The molecule has 24 heavy (non-hydrogen) atoms. The van der Waals surface area contributed by atoms with Crippen molar-refractivity contribution in [2.75, 3.05) is 13.2 Å². The summed E-state index contributed by atoms with van der Waals surface area (Å²) in [5.41, 5.74) is 1.97. The van der Waals surface area contributed by atoms with Gasteiger partial charge in [0.15, 0.2) is 0 Å². The maximum atomic E-state index is 12.2. The second-order valence-corrected chi connectivity index (χ2v) is 6.19. The summed E-state index contributed by atoms with van der Waals surface area (Å²) in [4.78, 5) is 12.2. The average Bonchev–Trinajstić information content (AvgIpc) is 3.28. The van der Waals surface area contributed by atoms with Crippen LogP contribution in [0.1, 0.15) is 31.9 Å². The number of nitrogens with one attached hydrogen (secondary N) is 2. The lowest BCUT2D eigenvalue weighted by atomic mass is 10.0. The first-order chi connectivity index (χ1) is 11.6. The van der Waals surface area contributed by atoms with Gasteiger partial charge >= 0.3 is 6.03 Å². The van der Waals surface area contributed by atoms with Gasteiger partial charge in [-0.2, -0.15) is 0 Å². The zero-order chi connectivity index (χ0) is 16.9. The number of carbonyl (C=O) groups excluding carboxylic acids is 1. The molecule has 0 spiro atoms. The van der Waals surface area contributed by atoms with Crippen LogP contribution in [0.25, 0.3) is 5.69 Å². The van der Waals surface area contributed by atoms with Gasteiger partial charge in [-0.05, 0) is 38.0 Å². The second-order valence-electron chi connectivity index (χ2n) is 6.19. The predicted molar refractivity (Wildman–Crippen MR) is 89.8 cm³/mol. The van der Waals surface area contributed by atoms with Crippen molar-refractivity contribution >= 4 is 6.03 Å². The molecule has 1 fully saturated rings. The highest BCUT2D eigenvalue weighted by Gasteiger charge is 2.23. The molecule has 1 aromatic heterocycles. The summed E-state index contributed by atoms with van der Waals surface area (Å²) >= 11 is 0. The third kappa shape index (κ3) is 3.91. The van der Waals surface area contributed by atoms with E-state index < -0.39 is 0 Å². The number of ether oxygens (including phenoxy) is 1. The standard InChI is InChI=1S/C17H23N5O2/c1-12(19-17(23)20-13(2)15-7-10-24-11-15)14-3-5-16(6-4-14)22-9-8-18-21-22/h3-6,8-9,12-13,15H,7,10-11H2,1-2H3,(H2,19,20,23). The summed E-state index contributed by atoms with van der Waals surface area (Å²) in [5, 5.41) is 13.7. The number of urea groups is 1. The summed E-state index contributed by atoms with van der Waals surface area (Å²) < 4.78 is 7.06. The number of hydrogen-bond donors (Lipinski definition) is 2. The molecule has 0 saturated carbocycles. The number of carbonyl (C=O) groups is 1. The largest absolute Gasteiger partial charge is 0.381 e. The Morgan fingerprint density at radius 1 is 1.29 bits per heavy atom. The van der Waals surface area contributed by atoms with Crippen LogP contribution in [-0.4, -0.2) is 40.3 Å². The van der Waals surface area contributed by atoms with Crippen LogP contribution in [0, 0.1) is 5.92 Å². The zero-order valence-corrected chi connectivity index (χ0v) is 14.0. The first-order valence-electron chi connectivity index (χ1n) is 8.25. The lowest BCUT2D eigenvalue weighted by Gasteiger charge is -2.21. The lowest BCUT2D eigenvalue weighted by Crippen LogP contribution is -2.44. The Balaban J connectivity index is 1.54. The van der Waals surface area contributed by atoms with Crippen LogP contribution in [0.15, 0.2) is 36.7 Å². The van der Waals surface area contributed by atoms with Gasteiger partial charge in [0.25, 0.3) is 0 Å². The van der Waals surface area contributed by atoms with Gasteiger partial charge < -0.3 is 15.4 Å². The highest BCUT2D eigenvalue weighted by Crippen LogP contribution is 2.17. The average molecular weight is 329 g/mol. The van der Waals surface area contributed by atoms with Gasteiger partial charge in [-0.25, -0.2) is 9.48 Å². The number of benzene rings is 1. The molecule has 1 saturated heterocycles. The van der Waals surface area contributed by atoms with E-state index in [0.717, 1.165) is 30.9 Å². The molecule has 3 unspecified atom stereocenters. The van der Waals surface area contributed by atoms with Gasteiger partial charge in [-0.3, -0.25) is 0 Å². The molecule has 0 radical (unpaired) electrons. The molecule has 1 aliphatic heterocycles. The first kappa shape index (κ1) is 16.4. The molecule has 2 aromatic rings. The molecular weight excluding hydrogens is 306 g/mol. The fourth-order valence-corrected chi connectivity index (χ4v) is 2.86. The topological polar surface area (TPSA) is 81.1 Å². The van der Waals surface area contributed by atoms with Crippen LogP contribution in [0.2, 0.25) is 0 Å². The summed E-state index contributed by atoms with van der Waals surface area (Å²) in [7, 11) is 0. The van der Waals surface area contributed by atoms with Crippen molar-refractivity contribution in [1.29, 1.82) is 0 Å². The van der Waals surface area contributed by atoms with E-state index in [-0.39, 0.29) is 18.1 Å². The molecule has 1 aliphatic rings. The SMILES string of the molecule is CC(NC(=O)NC(C)C1CCOC1)c1ccc(-n2ccnn2)cc1. The molecule has 2 N–H and O–H groups in total. The van der Waals surface area contributed by atoms with Gasteiger partial charge in [0.05, 0.1) is 30.7 Å². The number of aromatic nitrogens is 3. The molecular formula is C17H23N5O2. The smallest absolute Gasteiger partial charge is 0.315 e. The fourth-order valence-electron chi connectivity index (χ4n) is 2.86. The van der Waals surface area contributed by atoms with Gasteiger partial charge in [0.1, 0.15) is 0 Å². The van der Waals surface area contributed by atoms with Crippen molar-refractivity contribution in [3.8, 4) is 5.69 Å². The summed E-state index contributed by atoms with van der Waals surface area (Å²) in [5.74, 6) is 0.396. The van der Waals surface area contributed by atoms with Crippen molar-refractivity contribution < 1.29 is 9.53 Å². The van der Waals surface area contributed by atoms with E-state index in [1.54, 1.807) is 17.1 Å². The molecule has 7 nitrogen and oxygen atoms in total. The highest BCUT2D eigenvalue weighted by molar-refractivity contribution is 5.74. The number of rotatable bonds is 5. The summed E-state index contributed by atoms with van der Waals surface area (Å²) in [6.07, 6.45) is 4.43. The third-order valence-electron chi connectivity index (χ3n) is 4.46. The van der Waals surface area contributed by atoms with Gasteiger partial charge in [-0.15, -0.1) is 5.10 Å². The Morgan fingerprint density at radius 2 is 2.08 bits per heavy atom. The van der Waals surface area contributed by atoms with E-state index in [4.69, 9.17) is 4.74 Å². The molecule has 7 heteroatoms. The molecule has 3 atom stereocenters. The Bertz CT molecular complexity index is 650. The van der Waals surface area contributed by atoms with E-state index in [1.165, 1.54) is 0 Å². The number of amides is 2. The monoisotopic (exact) mass is 329 g/mol. The minimum absolute atomic E-state index is 0.0816. The second kappa shape index (κ2) is 7.44. The summed E-state index contributed by atoms with van der Waals surface area (Å²) in [6, 6.07) is 7.75. The van der Waals surface area contributed by atoms with Crippen molar-refractivity contribution in [2.24, 2.45) is 5.92 Å². The Morgan fingerprint density at radius 3 is 2.71 bits per heavy atom. The number of nitrogens with zero attached hydrogens (tertiary/aromatic N) is 3. The maximum absolute atomic E-state index is 12.2. The van der Waals surface area contributed by atoms with E-state index >= 15 is 0 Å². The predicted octanol–water partition coefficient (Wildman–Crippen LogP) is 2.05. The van der Waals surface area contributed by atoms with Crippen LogP contribution in [0.4, 0.5) is 4.79 Å². The normalized spacial score (nSPS) is 19.7. The van der Waals surface area contributed by atoms with E-state index in [1.807, 2.05) is 38.1 Å². The Hall–Kier alpha value is -2.41. The Kier molecular flexibility index (Phi) is 5.10. The minimum Gasteiger partial charge on any atom is -0.381 e. The van der Waals surface area contributed by atoms with E-state index in [9.17, 15) is 4.79 Å². The van der Waals surface area contributed by atoms with Crippen LogP contribution in [0.5, 0.6) is 0 Å². The molecule has 3 rings (SSSR count). The number of hydrogen-bond acceptors (Lipinski definition) is 4. The van der Waals surface area contributed by atoms with Crippen LogP contribution in [-0.2, 0) is 4.74 Å². The van der Waals surface area contributed by atoms with Crippen LogP contribution < -0.4 is 10.6 Å². The van der Waals surface area contributed by atoms with E-state index in [2.05, 4.69) is 20.9 Å². The molecule has 2 heterocycles. The maximum Gasteiger partial charge on any atom is 0.315 e. The molecule has 128 valence electrons. The van der Waals surface area contributed by atoms with Crippen LogP contribution >= 0.6 is 0 Å². The molecule has 1 aromatic carbocycles. The van der Waals surface area contributed by atoms with Crippen molar-refractivity contribution in [3.63, 3.8) is 0 Å². The molecule has 2 amide bonds. The lowest BCUT2D eigenvalue weighted by molar-refractivity contribution is 0.177. The first-order valence-corrected chi connectivity index (χ1v) is 8.25. The third-order valence-corrected chi connectivity index (χ3v) is 4.46.